The van der Waals surface area contributed by atoms with E-state index in [1.54, 1.807) is 0 Å². The number of oxazole rings is 1. The van der Waals surface area contributed by atoms with Crippen molar-refractivity contribution in [2.75, 3.05) is 5.43 Å². The van der Waals surface area contributed by atoms with E-state index in [4.69, 9.17) is 10.3 Å². The van der Waals surface area contributed by atoms with Crippen LogP contribution >= 0.6 is 0 Å². The fourth-order valence-electron chi connectivity index (χ4n) is 1.86. The Labute approximate surface area is 104 Å². The zero-order valence-electron chi connectivity index (χ0n) is 9.97. The minimum Gasteiger partial charge on any atom is -0.436 e. The summed E-state index contributed by atoms with van der Waals surface area (Å²) in [5.41, 5.74) is 7.22. The number of rotatable bonds is 2. The van der Waals surface area contributed by atoms with E-state index >= 15 is 0 Å². The number of nitrogen functional groups attached to an aromatic ring is 1. The predicted octanol–water partition coefficient (Wildman–Crippen LogP) is 3.09. The van der Waals surface area contributed by atoms with Crippen molar-refractivity contribution < 1.29 is 4.42 Å². The van der Waals surface area contributed by atoms with Gasteiger partial charge in [0.1, 0.15) is 5.52 Å². The van der Waals surface area contributed by atoms with Gasteiger partial charge < -0.3 is 9.84 Å². The standard InChI is InChI=1S/C14H13N3O/c1-9-2-7-12-13(8-9)18-14(16-12)10-3-5-11(17-15)6-4-10/h2-8,17H,15H2,1H3. The fourth-order valence-corrected chi connectivity index (χ4v) is 1.86. The summed E-state index contributed by atoms with van der Waals surface area (Å²) >= 11 is 0. The van der Waals surface area contributed by atoms with Crippen LogP contribution in [0.2, 0.25) is 0 Å². The van der Waals surface area contributed by atoms with Gasteiger partial charge in [-0.05, 0) is 48.9 Å². The van der Waals surface area contributed by atoms with E-state index in [2.05, 4.69) is 10.4 Å². The fraction of sp³-hybridized carbons (Fsp3) is 0.0714. The Kier molecular flexibility index (Phi) is 2.50. The van der Waals surface area contributed by atoms with Crippen molar-refractivity contribution in [3.8, 4) is 11.5 Å². The molecule has 0 saturated carbocycles. The first-order valence-electron chi connectivity index (χ1n) is 5.70. The lowest BCUT2D eigenvalue weighted by Gasteiger charge is -1.99. The highest BCUT2D eigenvalue weighted by molar-refractivity contribution is 5.77. The van der Waals surface area contributed by atoms with Gasteiger partial charge in [-0.1, -0.05) is 6.07 Å². The van der Waals surface area contributed by atoms with Crippen LogP contribution in [-0.4, -0.2) is 4.98 Å². The normalized spacial score (nSPS) is 10.8. The molecule has 0 amide bonds. The lowest BCUT2D eigenvalue weighted by molar-refractivity contribution is 0.619. The number of nitrogens with two attached hydrogens (primary N) is 1. The first-order chi connectivity index (χ1) is 8.76. The first kappa shape index (κ1) is 10.8. The minimum atomic E-state index is 0.624. The van der Waals surface area contributed by atoms with E-state index in [0.717, 1.165) is 27.9 Å². The molecule has 0 aliphatic heterocycles. The second-order valence-corrected chi connectivity index (χ2v) is 4.21. The van der Waals surface area contributed by atoms with Gasteiger partial charge in [0.2, 0.25) is 5.89 Å². The van der Waals surface area contributed by atoms with E-state index in [9.17, 15) is 0 Å². The number of benzene rings is 2. The van der Waals surface area contributed by atoms with Crippen molar-refractivity contribution in [1.82, 2.24) is 4.98 Å². The molecule has 0 spiro atoms. The Morgan fingerprint density at radius 2 is 1.89 bits per heavy atom. The zero-order chi connectivity index (χ0) is 12.5. The Morgan fingerprint density at radius 1 is 1.11 bits per heavy atom. The van der Waals surface area contributed by atoms with Gasteiger partial charge in [-0.2, -0.15) is 0 Å². The molecule has 0 aliphatic carbocycles. The summed E-state index contributed by atoms with van der Waals surface area (Å²) in [7, 11) is 0. The highest BCUT2D eigenvalue weighted by Crippen LogP contribution is 2.25. The van der Waals surface area contributed by atoms with Crippen molar-refractivity contribution in [1.29, 1.82) is 0 Å². The molecule has 0 fully saturated rings. The van der Waals surface area contributed by atoms with Gasteiger partial charge in [0.25, 0.3) is 0 Å². The quantitative estimate of drug-likeness (QED) is 0.533. The van der Waals surface area contributed by atoms with Crippen LogP contribution in [0, 0.1) is 6.92 Å². The van der Waals surface area contributed by atoms with Crippen LogP contribution in [0.5, 0.6) is 0 Å². The monoisotopic (exact) mass is 239 g/mol. The van der Waals surface area contributed by atoms with Crippen molar-refractivity contribution in [2.24, 2.45) is 5.84 Å². The molecule has 3 N–H and O–H groups in total. The van der Waals surface area contributed by atoms with Crippen molar-refractivity contribution >= 4 is 16.8 Å². The number of hydrazine groups is 1. The second kappa shape index (κ2) is 4.16. The van der Waals surface area contributed by atoms with Gasteiger partial charge in [-0.15, -0.1) is 0 Å². The molecule has 3 aromatic rings. The number of hydrogen-bond donors (Lipinski definition) is 2. The van der Waals surface area contributed by atoms with Crippen LogP contribution in [0.1, 0.15) is 5.56 Å². The molecule has 90 valence electrons. The van der Waals surface area contributed by atoms with Crippen LogP contribution < -0.4 is 11.3 Å². The smallest absolute Gasteiger partial charge is 0.227 e. The lowest BCUT2D eigenvalue weighted by atomic mass is 10.2. The molecular formula is C14H13N3O. The van der Waals surface area contributed by atoms with Crippen LogP contribution in [0.25, 0.3) is 22.6 Å². The summed E-state index contributed by atoms with van der Waals surface area (Å²) in [6.07, 6.45) is 0. The Hall–Kier alpha value is -2.33. The van der Waals surface area contributed by atoms with Gasteiger partial charge in [0.05, 0.1) is 0 Å². The number of nitrogens with one attached hydrogen (secondary N) is 1. The number of nitrogens with zero attached hydrogens (tertiary/aromatic N) is 1. The summed E-state index contributed by atoms with van der Waals surface area (Å²) in [6.45, 7) is 2.03. The summed E-state index contributed by atoms with van der Waals surface area (Å²) in [5, 5.41) is 0. The van der Waals surface area contributed by atoms with E-state index in [-0.39, 0.29) is 0 Å². The molecule has 0 aliphatic rings. The summed E-state index contributed by atoms with van der Waals surface area (Å²) in [4.78, 5) is 4.46. The van der Waals surface area contributed by atoms with E-state index in [1.807, 2.05) is 49.4 Å². The highest BCUT2D eigenvalue weighted by atomic mass is 16.3. The molecule has 2 aromatic carbocycles. The molecule has 0 saturated heterocycles. The lowest BCUT2D eigenvalue weighted by Crippen LogP contribution is -2.05. The van der Waals surface area contributed by atoms with Gasteiger partial charge in [-0.25, -0.2) is 4.98 Å². The second-order valence-electron chi connectivity index (χ2n) is 4.21. The number of aryl methyl sites for hydroxylation is 1. The third kappa shape index (κ3) is 1.83. The molecule has 0 radical (unpaired) electrons. The van der Waals surface area contributed by atoms with E-state index in [0.29, 0.717) is 5.89 Å². The number of anilines is 1. The summed E-state index contributed by atoms with van der Waals surface area (Å²) < 4.78 is 5.75. The Balaban J connectivity index is 2.07. The molecular weight excluding hydrogens is 226 g/mol. The van der Waals surface area contributed by atoms with Crippen molar-refractivity contribution in [3.63, 3.8) is 0 Å². The average Bonchev–Trinajstić information content (AvgIpc) is 2.81. The van der Waals surface area contributed by atoms with Gasteiger partial charge in [0.15, 0.2) is 5.58 Å². The molecule has 18 heavy (non-hydrogen) atoms. The SMILES string of the molecule is Cc1ccc2nc(-c3ccc(NN)cc3)oc2c1. The van der Waals surface area contributed by atoms with Crippen LogP contribution in [0.15, 0.2) is 46.9 Å². The maximum atomic E-state index is 5.75. The molecule has 0 unspecified atom stereocenters. The predicted molar refractivity (Wildman–Crippen MR) is 72.0 cm³/mol. The van der Waals surface area contributed by atoms with E-state index < -0.39 is 0 Å². The van der Waals surface area contributed by atoms with Crippen LogP contribution in [-0.2, 0) is 0 Å². The van der Waals surface area contributed by atoms with E-state index in [1.165, 1.54) is 0 Å². The number of fused-ring (bicyclic) bond motifs is 1. The summed E-state index contributed by atoms with van der Waals surface area (Å²) in [6, 6.07) is 13.6. The first-order valence-corrected chi connectivity index (χ1v) is 5.70. The molecule has 0 atom stereocenters. The highest BCUT2D eigenvalue weighted by Gasteiger charge is 2.07. The Bertz CT molecular complexity index is 686. The number of hydrogen-bond acceptors (Lipinski definition) is 4. The topological polar surface area (TPSA) is 64.1 Å². The molecule has 1 aromatic heterocycles. The summed E-state index contributed by atoms with van der Waals surface area (Å²) in [5.74, 6) is 5.95. The molecule has 1 heterocycles. The van der Waals surface area contributed by atoms with Crippen LogP contribution in [0.3, 0.4) is 0 Å². The molecule has 0 bridgehead atoms. The maximum Gasteiger partial charge on any atom is 0.227 e. The third-order valence-electron chi connectivity index (χ3n) is 2.84. The Morgan fingerprint density at radius 3 is 2.61 bits per heavy atom. The van der Waals surface area contributed by atoms with Gasteiger partial charge in [-0.3, -0.25) is 5.84 Å². The molecule has 4 heteroatoms. The van der Waals surface area contributed by atoms with Crippen molar-refractivity contribution in [3.05, 3.63) is 48.0 Å². The van der Waals surface area contributed by atoms with Gasteiger partial charge >= 0.3 is 0 Å². The largest absolute Gasteiger partial charge is 0.436 e. The molecule has 3 rings (SSSR count). The van der Waals surface area contributed by atoms with Gasteiger partial charge in [0, 0.05) is 11.3 Å². The molecule has 4 nitrogen and oxygen atoms in total. The third-order valence-corrected chi connectivity index (χ3v) is 2.84. The average molecular weight is 239 g/mol. The maximum absolute atomic E-state index is 5.75. The zero-order valence-corrected chi connectivity index (χ0v) is 9.97. The minimum absolute atomic E-state index is 0.624. The number of aromatic nitrogens is 1. The van der Waals surface area contributed by atoms with Crippen molar-refractivity contribution in [2.45, 2.75) is 6.92 Å². The van der Waals surface area contributed by atoms with Crippen LogP contribution in [0.4, 0.5) is 5.69 Å².